The monoisotopic (exact) mass is 406 g/mol. The van der Waals surface area contributed by atoms with Crippen molar-refractivity contribution < 1.29 is 9.13 Å². The van der Waals surface area contributed by atoms with Gasteiger partial charge in [-0.15, -0.1) is 0 Å². The van der Waals surface area contributed by atoms with Crippen LogP contribution in [0.4, 0.5) is 4.39 Å². The number of ether oxygens (including phenoxy) is 1. The fraction of sp³-hybridized carbons (Fsp3) is 0.250. The van der Waals surface area contributed by atoms with E-state index in [9.17, 15) is 4.39 Å². The highest BCUT2D eigenvalue weighted by atomic mass is 19.1. The molecule has 0 unspecified atom stereocenters. The first-order valence-corrected chi connectivity index (χ1v) is 10.1. The van der Waals surface area contributed by atoms with Crippen LogP contribution in [0.1, 0.15) is 23.7 Å². The third kappa shape index (κ3) is 7.20. The molecule has 3 rings (SSSR count). The third-order valence-electron chi connectivity index (χ3n) is 4.42. The molecule has 6 heteroatoms. The van der Waals surface area contributed by atoms with Crippen LogP contribution >= 0.6 is 0 Å². The fourth-order valence-corrected chi connectivity index (χ4v) is 2.82. The maximum Gasteiger partial charge on any atom is 0.191 e. The molecule has 3 aromatic rings. The lowest BCUT2D eigenvalue weighted by molar-refractivity contribution is 0.301. The first-order valence-electron chi connectivity index (χ1n) is 10.1. The summed E-state index contributed by atoms with van der Waals surface area (Å²) in [7, 11) is 0. The smallest absolute Gasteiger partial charge is 0.191 e. The number of hydrogen-bond donors (Lipinski definition) is 2. The van der Waals surface area contributed by atoms with Crippen molar-refractivity contribution in [2.24, 2.45) is 4.99 Å². The standard InChI is InChI=1S/C24H27FN4O/c1-2-26-24(28-16-14-19-6-10-21(25)11-7-19)29-17-20-8-12-23(13-9-20)30-18-22-5-3-4-15-27-22/h3-13,15H,2,14,16-18H2,1H3,(H2,26,28,29). The van der Waals surface area contributed by atoms with Gasteiger partial charge in [-0.05, 0) is 60.9 Å². The van der Waals surface area contributed by atoms with Crippen LogP contribution in [-0.4, -0.2) is 24.0 Å². The largest absolute Gasteiger partial charge is 0.487 e. The van der Waals surface area contributed by atoms with E-state index in [4.69, 9.17) is 4.74 Å². The van der Waals surface area contributed by atoms with Gasteiger partial charge in [0.05, 0.1) is 12.2 Å². The van der Waals surface area contributed by atoms with Crippen LogP contribution in [0.2, 0.25) is 0 Å². The Morgan fingerprint density at radius 1 is 0.967 bits per heavy atom. The van der Waals surface area contributed by atoms with Crippen LogP contribution in [0, 0.1) is 5.82 Å². The predicted molar refractivity (Wildman–Crippen MR) is 118 cm³/mol. The van der Waals surface area contributed by atoms with Gasteiger partial charge in [-0.2, -0.15) is 0 Å². The van der Waals surface area contributed by atoms with Crippen molar-refractivity contribution in [3.8, 4) is 5.75 Å². The maximum absolute atomic E-state index is 13.0. The molecule has 0 bridgehead atoms. The molecule has 0 fully saturated rings. The van der Waals surface area contributed by atoms with Gasteiger partial charge in [-0.1, -0.05) is 30.3 Å². The SMILES string of the molecule is CCNC(=NCc1ccc(OCc2ccccn2)cc1)NCCc1ccc(F)cc1. The lowest BCUT2D eigenvalue weighted by Gasteiger charge is -2.11. The number of aromatic nitrogens is 1. The van der Waals surface area contributed by atoms with Gasteiger partial charge in [0.1, 0.15) is 18.2 Å². The molecule has 0 atom stereocenters. The van der Waals surface area contributed by atoms with Crippen LogP contribution < -0.4 is 15.4 Å². The summed E-state index contributed by atoms with van der Waals surface area (Å²) >= 11 is 0. The van der Waals surface area contributed by atoms with Gasteiger partial charge in [0.2, 0.25) is 0 Å². The molecule has 2 aromatic carbocycles. The Labute approximate surface area is 177 Å². The third-order valence-corrected chi connectivity index (χ3v) is 4.42. The minimum absolute atomic E-state index is 0.213. The van der Waals surface area contributed by atoms with Gasteiger partial charge in [-0.25, -0.2) is 9.38 Å². The van der Waals surface area contributed by atoms with E-state index in [1.54, 1.807) is 18.3 Å². The molecule has 0 aliphatic rings. The summed E-state index contributed by atoms with van der Waals surface area (Å²) in [5, 5.41) is 6.56. The molecule has 0 aliphatic heterocycles. The molecule has 156 valence electrons. The highest BCUT2D eigenvalue weighted by molar-refractivity contribution is 5.79. The number of aliphatic imine (C=N–C) groups is 1. The van der Waals surface area contributed by atoms with E-state index >= 15 is 0 Å². The summed E-state index contributed by atoms with van der Waals surface area (Å²) in [5.41, 5.74) is 3.07. The van der Waals surface area contributed by atoms with E-state index in [1.165, 1.54) is 12.1 Å². The zero-order chi connectivity index (χ0) is 21.0. The first-order chi connectivity index (χ1) is 14.7. The number of guanidine groups is 1. The van der Waals surface area contributed by atoms with Crippen LogP contribution in [0.15, 0.2) is 77.9 Å². The lowest BCUT2D eigenvalue weighted by Crippen LogP contribution is -2.38. The molecule has 2 N–H and O–H groups in total. The highest BCUT2D eigenvalue weighted by Gasteiger charge is 2.01. The number of rotatable bonds is 9. The Morgan fingerprint density at radius 3 is 2.43 bits per heavy atom. The van der Waals surface area contributed by atoms with E-state index in [-0.39, 0.29) is 5.82 Å². The Hall–Kier alpha value is -3.41. The van der Waals surface area contributed by atoms with Gasteiger partial charge < -0.3 is 15.4 Å². The van der Waals surface area contributed by atoms with Gasteiger partial charge in [-0.3, -0.25) is 4.98 Å². The van der Waals surface area contributed by atoms with Gasteiger partial charge in [0.25, 0.3) is 0 Å². The molecule has 0 amide bonds. The number of hydrogen-bond acceptors (Lipinski definition) is 3. The molecule has 0 spiro atoms. The van der Waals surface area contributed by atoms with Crippen molar-refractivity contribution in [3.63, 3.8) is 0 Å². The van der Waals surface area contributed by atoms with Gasteiger partial charge >= 0.3 is 0 Å². The molecule has 0 aliphatic carbocycles. The summed E-state index contributed by atoms with van der Waals surface area (Å²) in [4.78, 5) is 8.89. The maximum atomic E-state index is 13.0. The predicted octanol–water partition coefficient (Wildman–Crippen LogP) is 4.10. The van der Waals surface area contributed by atoms with E-state index < -0.39 is 0 Å². The van der Waals surface area contributed by atoms with Crippen LogP contribution in [0.3, 0.4) is 0 Å². The summed E-state index contributed by atoms with van der Waals surface area (Å²) in [6, 6.07) is 20.3. The Bertz CT molecular complexity index is 912. The fourth-order valence-electron chi connectivity index (χ4n) is 2.82. The van der Waals surface area contributed by atoms with Crippen molar-refractivity contribution in [1.82, 2.24) is 15.6 Å². The molecular weight excluding hydrogens is 379 g/mol. The summed E-state index contributed by atoms with van der Waals surface area (Å²) in [6.45, 7) is 4.54. The zero-order valence-corrected chi connectivity index (χ0v) is 17.1. The second kappa shape index (κ2) is 11.6. The Morgan fingerprint density at radius 2 is 1.73 bits per heavy atom. The lowest BCUT2D eigenvalue weighted by atomic mass is 10.1. The van der Waals surface area contributed by atoms with Gasteiger partial charge in [0, 0.05) is 19.3 Å². The molecule has 30 heavy (non-hydrogen) atoms. The number of nitrogens with one attached hydrogen (secondary N) is 2. The van der Waals surface area contributed by atoms with Crippen molar-refractivity contribution in [2.75, 3.05) is 13.1 Å². The molecule has 0 saturated carbocycles. The molecule has 5 nitrogen and oxygen atoms in total. The topological polar surface area (TPSA) is 58.5 Å². The molecule has 1 aromatic heterocycles. The minimum atomic E-state index is -0.213. The minimum Gasteiger partial charge on any atom is -0.487 e. The summed E-state index contributed by atoms with van der Waals surface area (Å²) < 4.78 is 18.8. The van der Waals surface area contributed by atoms with Crippen molar-refractivity contribution in [3.05, 3.63) is 95.6 Å². The van der Waals surface area contributed by atoms with Gasteiger partial charge in [0.15, 0.2) is 5.96 Å². The average Bonchev–Trinajstić information content (AvgIpc) is 2.79. The molecule has 1 heterocycles. The van der Waals surface area contributed by atoms with E-state index in [2.05, 4.69) is 20.6 Å². The summed E-state index contributed by atoms with van der Waals surface area (Å²) in [6.07, 6.45) is 2.56. The molecule has 0 saturated heterocycles. The first kappa shape index (κ1) is 21.3. The number of benzene rings is 2. The average molecular weight is 407 g/mol. The van der Waals surface area contributed by atoms with Crippen molar-refractivity contribution in [1.29, 1.82) is 0 Å². The number of nitrogens with zero attached hydrogens (tertiary/aromatic N) is 2. The Balaban J connectivity index is 1.47. The highest BCUT2D eigenvalue weighted by Crippen LogP contribution is 2.14. The van der Waals surface area contributed by atoms with Crippen LogP contribution in [0.5, 0.6) is 5.75 Å². The number of pyridine rings is 1. The molecule has 0 radical (unpaired) electrons. The van der Waals surface area contributed by atoms with Crippen molar-refractivity contribution in [2.45, 2.75) is 26.5 Å². The van der Waals surface area contributed by atoms with E-state index in [0.717, 1.165) is 48.0 Å². The second-order valence-electron chi connectivity index (χ2n) is 6.75. The van der Waals surface area contributed by atoms with Crippen LogP contribution in [-0.2, 0) is 19.6 Å². The zero-order valence-electron chi connectivity index (χ0n) is 17.1. The van der Waals surface area contributed by atoms with Crippen LogP contribution in [0.25, 0.3) is 0 Å². The second-order valence-corrected chi connectivity index (χ2v) is 6.75. The quantitative estimate of drug-likeness (QED) is 0.415. The Kier molecular flexibility index (Phi) is 8.21. The van der Waals surface area contributed by atoms with Crippen molar-refractivity contribution >= 4 is 5.96 Å². The molecular formula is C24H27FN4O. The van der Waals surface area contributed by atoms with E-state index in [0.29, 0.717) is 13.2 Å². The summed E-state index contributed by atoms with van der Waals surface area (Å²) in [5.74, 6) is 1.35. The van der Waals surface area contributed by atoms with E-state index in [1.807, 2.05) is 49.4 Å². The normalized spacial score (nSPS) is 11.2. The number of halogens is 1.